The molecular formula is C19H17O6P. The standard InChI is InChI=1S/C19H17O6P/c1-16-9-8-14-19(15-16)23-26(20,24-21-17-10-4-2-5-11-17)25-22-18-12-6-3-7-13-18/h2-15H,1H3. The third-order valence-electron chi connectivity index (χ3n) is 3.14. The summed E-state index contributed by atoms with van der Waals surface area (Å²) < 4.78 is 28.2. The van der Waals surface area contributed by atoms with Crippen molar-refractivity contribution in [2.45, 2.75) is 6.92 Å². The van der Waals surface area contributed by atoms with Crippen LogP contribution in [0.2, 0.25) is 0 Å². The van der Waals surface area contributed by atoms with Crippen molar-refractivity contribution < 1.29 is 28.2 Å². The fourth-order valence-electron chi connectivity index (χ4n) is 1.97. The number of para-hydroxylation sites is 2. The van der Waals surface area contributed by atoms with Gasteiger partial charge in [0.2, 0.25) is 0 Å². The van der Waals surface area contributed by atoms with Crippen LogP contribution < -0.4 is 14.3 Å². The molecule has 0 aliphatic carbocycles. The van der Waals surface area contributed by atoms with E-state index < -0.39 is 7.82 Å². The van der Waals surface area contributed by atoms with Crippen molar-refractivity contribution in [2.75, 3.05) is 0 Å². The van der Waals surface area contributed by atoms with Crippen molar-refractivity contribution in [3.63, 3.8) is 0 Å². The molecule has 0 aromatic heterocycles. The summed E-state index contributed by atoms with van der Waals surface area (Å²) in [5.41, 5.74) is 0.919. The summed E-state index contributed by atoms with van der Waals surface area (Å²) in [6, 6.07) is 24.1. The normalized spacial score (nSPS) is 11.0. The van der Waals surface area contributed by atoms with Gasteiger partial charge in [-0.2, -0.15) is 0 Å². The van der Waals surface area contributed by atoms with E-state index in [1.54, 1.807) is 66.7 Å². The smallest absolute Gasteiger partial charge is 0.400 e. The minimum atomic E-state index is -4.24. The van der Waals surface area contributed by atoms with Crippen molar-refractivity contribution >= 4 is 7.82 Å². The van der Waals surface area contributed by atoms with E-state index in [-0.39, 0.29) is 0 Å². The lowest BCUT2D eigenvalue weighted by atomic mass is 10.2. The predicted molar refractivity (Wildman–Crippen MR) is 95.7 cm³/mol. The summed E-state index contributed by atoms with van der Waals surface area (Å²) in [6.45, 7) is 1.88. The molecule has 3 aromatic carbocycles. The van der Waals surface area contributed by atoms with Crippen LogP contribution in [0.25, 0.3) is 0 Å². The number of benzene rings is 3. The Bertz CT molecular complexity index is 822. The highest BCUT2D eigenvalue weighted by atomic mass is 31.2. The molecule has 0 aliphatic rings. The molecule has 0 saturated carbocycles. The lowest BCUT2D eigenvalue weighted by molar-refractivity contribution is -0.185. The zero-order chi connectivity index (χ0) is 18.2. The van der Waals surface area contributed by atoms with E-state index in [9.17, 15) is 4.57 Å². The summed E-state index contributed by atoms with van der Waals surface area (Å²) >= 11 is 0. The van der Waals surface area contributed by atoms with Gasteiger partial charge in [0.05, 0.1) is 0 Å². The van der Waals surface area contributed by atoms with E-state index in [0.717, 1.165) is 5.56 Å². The summed E-state index contributed by atoms with van der Waals surface area (Å²) in [6.07, 6.45) is 0. The molecule has 26 heavy (non-hydrogen) atoms. The van der Waals surface area contributed by atoms with Gasteiger partial charge in [-0.3, -0.25) is 0 Å². The molecule has 0 amide bonds. The van der Waals surface area contributed by atoms with Crippen molar-refractivity contribution in [2.24, 2.45) is 0 Å². The van der Waals surface area contributed by atoms with E-state index in [0.29, 0.717) is 17.2 Å². The van der Waals surface area contributed by atoms with Gasteiger partial charge in [-0.25, -0.2) is 4.57 Å². The largest absolute Gasteiger partial charge is 0.604 e. The van der Waals surface area contributed by atoms with Gasteiger partial charge in [-0.1, -0.05) is 57.9 Å². The molecular weight excluding hydrogens is 355 g/mol. The zero-order valence-electron chi connectivity index (χ0n) is 14.0. The molecule has 0 N–H and O–H groups in total. The van der Waals surface area contributed by atoms with Gasteiger partial charge in [-0.15, -0.1) is 0 Å². The van der Waals surface area contributed by atoms with Crippen LogP contribution in [0.5, 0.6) is 17.2 Å². The van der Waals surface area contributed by atoms with Gasteiger partial charge in [0.1, 0.15) is 5.75 Å². The number of hydrogen-bond donors (Lipinski definition) is 0. The number of aryl methyl sites for hydroxylation is 1. The maximum Gasteiger partial charge on any atom is 0.604 e. The molecule has 0 atom stereocenters. The second-order valence-corrected chi connectivity index (χ2v) is 6.67. The SMILES string of the molecule is Cc1cccc(OP(=O)(OOc2ccccc2)OOc2ccccc2)c1. The summed E-state index contributed by atoms with van der Waals surface area (Å²) in [7, 11) is -4.24. The Hall–Kier alpha value is -2.79. The van der Waals surface area contributed by atoms with Crippen LogP contribution >= 0.6 is 7.82 Å². The quantitative estimate of drug-likeness (QED) is 0.295. The third kappa shape index (κ3) is 5.36. The van der Waals surface area contributed by atoms with Crippen LogP contribution in [0.1, 0.15) is 5.56 Å². The minimum absolute atomic E-state index is 0.293. The number of hydrogen-bond acceptors (Lipinski definition) is 6. The highest BCUT2D eigenvalue weighted by Gasteiger charge is 2.34. The molecule has 0 radical (unpaired) electrons. The first-order valence-corrected chi connectivity index (χ1v) is 9.28. The molecule has 0 unspecified atom stereocenters. The number of phosphoric acid groups is 1. The molecule has 0 spiro atoms. The summed E-state index contributed by atoms with van der Waals surface area (Å²) in [5.74, 6) is 0.967. The monoisotopic (exact) mass is 372 g/mol. The fourth-order valence-corrected chi connectivity index (χ4v) is 2.79. The van der Waals surface area contributed by atoms with Crippen molar-refractivity contribution in [3.05, 3.63) is 90.5 Å². The lowest BCUT2D eigenvalue weighted by Gasteiger charge is -2.16. The Balaban J connectivity index is 1.74. The maximum absolute atomic E-state index is 12.9. The van der Waals surface area contributed by atoms with Crippen LogP contribution in [0, 0.1) is 6.92 Å². The molecule has 0 heterocycles. The van der Waals surface area contributed by atoms with Gasteiger partial charge < -0.3 is 14.3 Å². The highest BCUT2D eigenvalue weighted by molar-refractivity contribution is 7.48. The Morgan fingerprint density at radius 3 is 1.65 bits per heavy atom. The average Bonchev–Trinajstić information content (AvgIpc) is 2.67. The number of rotatable bonds is 8. The van der Waals surface area contributed by atoms with E-state index in [4.69, 9.17) is 23.6 Å². The Morgan fingerprint density at radius 2 is 1.15 bits per heavy atom. The molecule has 3 rings (SSSR count). The molecule has 134 valence electrons. The van der Waals surface area contributed by atoms with Crippen LogP contribution in [0.15, 0.2) is 84.9 Å². The van der Waals surface area contributed by atoms with E-state index in [2.05, 4.69) is 0 Å². The topological polar surface area (TPSA) is 63.2 Å². The molecule has 7 heteroatoms. The van der Waals surface area contributed by atoms with Gasteiger partial charge in [0, 0.05) is 0 Å². The molecule has 3 aromatic rings. The predicted octanol–water partition coefficient (Wildman–Crippen LogP) is 5.50. The molecule has 0 aliphatic heterocycles. The van der Waals surface area contributed by atoms with Crippen LogP contribution in [0.4, 0.5) is 0 Å². The van der Waals surface area contributed by atoms with E-state index in [1.807, 2.05) is 25.1 Å². The molecule has 0 saturated heterocycles. The minimum Gasteiger partial charge on any atom is -0.400 e. The Morgan fingerprint density at radius 1 is 0.654 bits per heavy atom. The van der Waals surface area contributed by atoms with Gasteiger partial charge in [-0.05, 0) is 48.9 Å². The van der Waals surface area contributed by atoms with Crippen LogP contribution in [-0.4, -0.2) is 0 Å². The van der Waals surface area contributed by atoms with Crippen molar-refractivity contribution in [1.29, 1.82) is 0 Å². The van der Waals surface area contributed by atoms with Crippen LogP contribution in [0.3, 0.4) is 0 Å². The zero-order valence-corrected chi connectivity index (χ0v) is 14.9. The van der Waals surface area contributed by atoms with E-state index >= 15 is 0 Å². The van der Waals surface area contributed by atoms with Crippen LogP contribution in [-0.2, 0) is 13.9 Å². The maximum atomic E-state index is 12.9. The van der Waals surface area contributed by atoms with Gasteiger partial charge in [0.15, 0.2) is 11.5 Å². The highest BCUT2D eigenvalue weighted by Crippen LogP contribution is 2.50. The Labute approximate surface area is 151 Å². The molecule has 0 fully saturated rings. The van der Waals surface area contributed by atoms with Crippen molar-refractivity contribution in [3.8, 4) is 17.2 Å². The second-order valence-electron chi connectivity index (χ2n) is 5.30. The summed E-state index contributed by atoms with van der Waals surface area (Å²) in [4.78, 5) is 10.1. The molecule has 0 bridgehead atoms. The first-order chi connectivity index (χ1) is 12.6. The Kier molecular flexibility index (Phi) is 5.92. The summed E-state index contributed by atoms with van der Waals surface area (Å²) in [5, 5.41) is 0. The third-order valence-corrected chi connectivity index (χ3v) is 4.09. The van der Waals surface area contributed by atoms with E-state index in [1.165, 1.54) is 0 Å². The van der Waals surface area contributed by atoms with Gasteiger partial charge in [0.25, 0.3) is 0 Å². The van der Waals surface area contributed by atoms with Gasteiger partial charge >= 0.3 is 7.82 Å². The van der Waals surface area contributed by atoms with Crippen molar-refractivity contribution in [1.82, 2.24) is 0 Å². The lowest BCUT2D eigenvalue weighted by Crippen LogP contribution is -2.07. The molecule has 6 nitrogen and oxygen atoms in total. The second kappa shape index (κ2) is 8.54. The first-order valence-electron chi connectivity index (χ1n) is 7.82. The average molecular weight is 372 g/mol. The fraction of sp³-hybridized carbons (Fsp3) is 0.0526. The first kappa shape index (κ1) is 18.0.